The largest absolute Gasteiger partial charge is 0.381 e. The quantitative estimate of drug-likeness (QED) is 0.366. The van der Waals surface area contributed by atoms with Gasteiger partial charge in [-0.15, -0.1) is 0 Å². The third-order valence-corrected chi connectivity index (χ3v) is 3.30. The van der Waals surface area contributed by atoms with E-state index >= 15 is 0 Å². The molecule has 0 N–H and O–H groups in total. The highest BCUT2D eigenvalue weighted by molar-refractivity contribution is 4.46. The lowest BCUT2D eigenvalue weighted by Crippen LogP contribution is -2.07. The number of ether oxygens (including phenoxy) is 3. The fourth-order valence-corrected chi connectivity index (χ4v) is 2.07. The summed E-state index contributed by atoms with van der Waals surface area (Å²) in [5.74, 6) is 0. The first-order valence-electron chi connectivity index (χ1n) is 8.65. The van der Waals surface area contributed by atoms with Gasteiger partial charge in [-0.1, -0.05) is 51.9 Å². The van der Waals surface area contributed by atoms with Crippen LogP contribution in [0.1, 0.15) is 71.6 Å². The standard InChI is InChI=1S/C17H36O3/c1-3-5-6-7-8-9-10-11-13-19-14-12-15-20-17-16-18-4-2/h3-17H2,1-2H3. The molecule has 0 atom stereocenters. The fourth-order valence-electron chi connectivity index (χ4n) is 2.07. The molecule has 0 aromatic rings. The first-order valence-corrected chi connectivity index (χ1v) is 8.65. The fraction of sp³-hybridized carbons (Fsp3) is 1.00. The van der Waals surface area contributed by atoms with Crippen molar-refractivity contribution in [3.8, 4) is 0 Å². The first kappa shape index (κ1) is 19.9. The van der Waals surface area contributed by atoms with Crippen LogP contribution in [0.25, 0.3) is 0 Å². The van der Waals surface area contributed by atoms with E-state index in [0.29, 0.717) is 13.2 Å². The van der Waals surface area contributed by atoms with E-state index in [9.17, 15) is 0 Å². The molecule has 0 heterocycles. The van der Waals surface area contributed by atoms with Crippen molar-refractivity contribution < 1.29 is 14.2 Å². The topological polar surface area (TPSA) is 27.7 Å². The van der Waals surface area contributed by atoms with Crippen LogP contribution in [0.4, 0.5) is 0 Å². The van der Waals surface area contributed by atoms with Crippen LogP contribution in [-0.2, 0) is 14.2 Å². The zero-order valence-electron chi connectivity index (χ0n) is 13.8. The SMILES string of the molecule is CCCCCCCCCCOCCCOCCOCC. The number of unbranched alkanes of at least 4 members (excludes halogenated alkanes) is 7. The third kappa shape index (κ3) is 17.9. The van der Waals surface area contributed by atoms with E-state index in [0.717, 1.165) is 32.8 Å². The van der Waals surface area contributed by atoms with Gasteiger partial charge in [0, 0.05) is 26.4 Å². The Kier molecular flexibility index (Phi) is 18.8. The zero-order chi connectivity index (χ0) is 14.7. The Morgan fingerprint density at radius 1 is 0.450 bits per heavy atom. The predicted molar refractivity (Wildman–Crippen MR) is 85.4 cm³/mol. The Morgan fingerprint density at radius 3 is 1.60 bits per heavy atom. The van der Waals surface area contributed by atoms with E-state index < -0.39 is 0 Å². The second-order valence-electron chi connectivity index (χ2n) is 5.25. The van der Waals surface area contributed by atoms with Crippen molar-refractivity contribution in [2.75, 3.05) is 39.6 Å². The average molecular weight is 288 g/mol. The summed E-state index contributed by atoms with van der Waals surface area (Å²) >= 11 is 0. The lowest BCUT2D eigenvalue weighted by Gasteiger charge is -2.06. The molecule has 0 radical (unpaired) electrons. The highest BCUT2D eigenvalue weighted by Gasteiger charge is 1.93. The molecule has 0 amide bonds. The smallest absolute Gasteiger partial charge is 0.0700 e. The number of hydrogen-bond donors (Lipinski definition) is 0. The van der Waals surface area contributed by atoms with Crippen LogP contribution in [0.5, 0.6) is 0 Å². The third-order valence-electron chi connectivity index (χ3n) is 3.30. The van der Waals surface area contributed by atoms with Gasteiger partial charge in [0.2, 0.25) is 0 Å². The van der Waals surface area contributed by atoms with E-state index in [1.54, 1.807) is 0 Å². The van der Waals surface area contributed by atoms with Gasteiger partial charge < -0.3 is 14.2 Å². The molecule has 3 nitrogen and oxygen atoms in total. The van der Waals surface area contributed by atoms with Gasteiger partial charge in [0.1, 0.15) is 0 Å². The molecule has 0 saturated carbocycles. The second-order valence-corrected chi connectivity index (χ2v) is 5.25. The van der Waals surface area contributed by atoms with Gasteiger partial charge in [-0.25, -0.2) is 0 Å². The van der Waals surface area contributed by atoms with E-state index in [4.69, 9.17) is 14.2 Å². The summed E-state index contributed by atoms with van der Waals surface area (Å²) in [6.07, 6.45) is 11.8. The Labute approximate surface area is 126 Å². The van der Waals surface area contributed by atoms with Crippen molar-refractivity contribution in [3.63, 3.8) is 0 Å². The monoisotopic (exact) mass is 288 g/mol. The Balaban J connectivity index is 2.89. The van der Waals surface area contributed by atoms with Crippen LogP contribution < -0.4 is 0 Å². The van der Waals surface area contributed by atoms with Crippen LogP contribution in [0.3, 0.4) is 0 Å². The molecule has 0 aromatic heterocycles. The highest BCUT2D eigenvalue weighted by atomic mass is 16.5. The summed E-state index contributed by atoms with van der Waals surface area (Å²) in [5.41, 5.74) is 0. The molecule has 0 saturated heterocycles. The summed E-state index contributed by atoms with van der Waals surface area (Å²) in [5, 5.41) is 0. The molecule has 0 bridgehead atoms. The molecule has 0 fully saturated rings. The zero-order valence-corrected chi connectivity index (χ0v) is 13.8. The van der Waals surface area contributed by atoms with Crippen LogP contribution in [-0.4, -0.2) is 39.6 Å². The molecule has 0 aliphatic rings. The Morgan fingerprint density at radius 2 is 0.950 bits per heavy atom. The summed E-state index contributed by atoms with van der Waals surface area (Å²) in [6, 6.07) is 0. The molecule has 0 spiro atoms. The lowest BCUT2D eigenvalue weighted by atomic mass is 10.1. The molecule has 0 rings (SSSR count). The molecule has 0 unspecified atom stereocenters. The van der Waals surface area contributed by atoms with Crippen LogP contribution in [0, 0.1) is 0 Å². The molecule has 122 valence electrons. The van der Waals surface area contributed by atoms with E-state index in [2.05, 4.69) is 6.92 Å². The van der Waals surface area contributed by atoms with Gasteiger partial charge in [0.25, 0.3) is 0 Å². The maximum absolute atomic E-state index is 5.60. The van der Waals surface area contributed by atoms with Gasteiger partial charge in [-0.2, -0.15) is 0 Å². The number of rotatable bonds is 17. The van der Waals surface area contributed by atoms with Crippen molar-refractivity contribution in [2.24, 2.45) is 0 Å². The van der Waals surface area contributed by atoms with Gasteiger partial charge in [-0.3, -0.25) is 0 Å². The van der Waals surface area contributed by atoms with Crippen LogP contribution in [0.15, 0.2) is 0 Å². The predicted octanol–water partition coefficient (Wildman–Crippen LogP) is 4.59. The van der Waals surface area contributed by atoms with Crippen molar-refractivity contribution in [1.29, 1.82) is 0 Å². The van der Waals surface area contributed by atoms with Crippen LogP contribution >= 0.6 is 0 Å². The molecule has 0 aromatic carbocycles. The second kappa shape index (κ2) is 18.9. The van der Waals surface area contributed by atoms with E-state index in [1.807, 2.05) is 6.92 Å². The molecular formula is C17H36O3. The van der Waals surface area contributed by atoms with Crippen molar-refractivity contribution in [3.05, 3.63) is 0 Å². The molecule has 0 aliphatic carbocycles. The lowest BCUT2D eigenvalue weighted by molar-refractivity contribution is 0.0389. The maximum atomic E-state index is 5.60. The molecule has 0 aliphatic heterocycles. The van der Waals surface area contributed by atoms with E-state index in [-0.39, 0.29) is 0 Å². The molecule has 3 heteroatoms. The number of hydrogen-bond acceptors (Lipinski definition) is 3. The Hall–Kier alpha value is -0.120. The van der Waals surface area contributed by atoms with Crippen molar-refractivity contribution >= 4 is 0 Å². The minimum Gasteiger partial charge on any atom is -0.381 e. The maximum Gasteiger partial charge on any atom is 0.0700 e. The summed E-state index contributed by atoms with van der Waals surface area (Å²) in [4.78, 5) is 0. The highest BCUT2D eigenvalue weighted by Crippen LogP contribution is 2.08. The Bertz CT molecular complexity index is 144. The van der Waals surface area contributed by atoms with E-state index in [1.165, 1.54) is 51.4 Å². The van der Waals surface area contributed by atoms with Crippen molar-refractivity contribution in [1.82, 2.24) is 0 Å². The van der Waals surface area contributed by atoms with Gasteiger partial charge in [0.15, 0.2) is 0 Å². The van der Waals surface area contributed by atoms with Gasteiger partial charge in [0.05, 0.1) is 13.2 Å². The normalized spacial score (nSPS) is 11.1. The minimum atomic E-state index is 0.700. The summed E-state index contributed by atoms with van der Waals surface area (Å²) < 4.78 is 16.2. The minimum absolute atomic E-state index is 0.700. The summed E-state index contributed by atoms with van der Waals surface area (Å²) in [7, 11) is 0. The average Bonchev–Trinajstić information content (AvgIpc) is 2.47. The van der Waals surface area contributed by atoms with Crippen molar-refractivity contribution in [2.45, 2.75) is 71.6 Å². The molecule has 20 heavy (non-hydrogen) atoms. The van der Waals surface area contributed by atoms with Gasteiger partial charge in [-0.05, 0) is 19.8 Å². The molecular weight excluding hydrogens is 252 g/mol. The first-order chi connectivity index (χ1) is 9.91. The van der Waals surface area contributed by atoms with Gasteiger partial charge >= 0.3 is 0 Å². The summed E-state index contributed by atoms with van der Waals surface area (Å²) in [6.45, 7) is 8.95. The van der Waals surface area contributed by atoms with Crippen LogP contribution in [0.2, 0.25) is 0 Å².